The third-order valence-electron chi connectivity index (χ3n) is 4.74. The zero-order valence-electron chi connectivity index (χ0n) is 13.5. The number of primary amides is 1. The van der Waals surface area contributed by atoms with E-state index in [1.54, 1.807) is 6.07 Å². The van der Waals surface area contributed by atoms with Crippen molar-refractivity contribution in [2.24, 2.45) is 5.73 Å². The number of hydrogen-bond donors (Lipinski definition) is 2. The molecule has 0 aliphatic carbocycles. The Bertz CT molecular complexity index is 648. The van der Waals surface area contributed by atoms with Crippen molar-refractivity contribution in [1.29, 1.82) is 0 Å². The van der Waals surface area contributed by atoms with E-state index >= 15 is 0 Å². The third-order valence-corrected chi connectivity index (χ3v) is 4.74. The Balaban J connectivity index is 1.90. The fourth-order valence-corrected chi connectivity index (χ4v) is 3.17. The third kappa shape index (κ3) is 2.67. The first-order valence-corrected chi connectivity index (χ1v) is 7.82. The van der Waals surface area contributed by atoms with Crippen molar-refractivity contribution in [3.63, 3.8) is 0 Å². The van der Waals surface area contributed by atoms with Crippen molar-refractivity contribution in [2.45, 2.75) is 37.6 Å². The lowest BCUT2D eigenvalue weighted by molar-refractivity contribution is -0.127. The van der Waals surface area contributed by atoms with Crippen LogP contribution in [0.2, 0.25) is 0 Å². The molecule has 2 amide bonds. The fraction of sp³-hybridized carbons (Fsp3) is 0.529. The molecule has 3 N–H and O–H groups in total. The number of benzene rings is 1. The standard InChI is InChI=1S/C17H22N2O4/c1-16(2)10-23-13-11(4-3-5-12(13)16)14(20)19-17(15(18)21)6-8-22-9-7-17/h3-5H,6-10H2,1-2H3,(H2,18,21)(H,19,20). The van der Waals surface area contributed by atoms with Crippen LogP contribution in [0.25, 0.3) is 0 Å². The molecule has 1 saturated heterocycles. The molecule has 1 fully saturated rings. The molecule has 6 nitrogen and oxygen atoms in total. The van der Waals surface area contributed by atoms with E-state index in [-0.39, 0.29) is 11.3 Å². The van der Waals surface area contributed by atoms with Gasteiger partial charge in [0.05, 0.1) is 12.2 Å². The molecular weight excluding hydrogens is 296 g/mol. The monoisotopic (exact) mass is 318 g/mol. The molecule has 2 aliphatic rings. The van der Waals surface area contributed by atoms with Crippen molar-refractivity contribution in [3.8, 4) is 5.75 Å². The molecule has 3 rings (SSSR count). The summed E-state index contributed by atoms with van der Waals surface area (Å²) >= 11 is 0. The molecule has 1 aromatic rings. The molecule has 0 spiro atoms. The number of carbonyl (C=O) groups is 2. The summed E-state index contributed by atoms with van der Waals surface area (Å²) in [5.41, 5.74) is 5.81. The van der Waals surface area contributed by atoms with Crippen LogP contribution in [0, 0.1) is 0 Å². The van der Waals surface area contributed by atoms with Crippen LogP contribution in [0.3, 0.4) is 0 Å². The summed E-state index contributed by atoms with van der Waals surface area (Å²) in [5.74, 6) is -0.259. The summed E-state index contributed by atoms with van der Waals surface area (Å²) in [6, 6.07) is 5.52. The van der Waals surface area contributed by atoms with Crippen LogP contribution < -0.4 is 15.8 Å². The van der Waals surface area contributed by atoms with Crippen LogP contribution in [0.4, 0.5) is 0 Å². The maximum absolute atomic E-state index is 12.8. The Kier molecular flexibility index (Phi) is 3.80. The Morgan fingerprint density at radius 2 is 1.91 bits per heavy atom. The first-order chi connectivity index (χ1) is 10.9. The quantitative estimate of drug-likeness (QED) is 0.874. The van der Waals surface area contributed by atoms with Gasteiger partial charge in [-0.1, -0.05) is 26.0 Å². The lowest BCUT2D eigenvalue weighted by Gasteiger charge is -2.35. The highest BCUT2D eigenvalue weighted by Crippen LogP contribution is 2.40. The Morgan fingerprint density at radius 3 is 2.57 bits per heavy atom. The van der Waals surface area contributed by atoms with Crippen LogP contribution in [0.5, 0.6) is 5.75 Å². The van der Waals surface area contributed by atoms with Crippen molar-refractivity contribution in [3.05, 3.63) is 29.3 Å². The van der Waals surface area contributed by atoms with Gasteiger partial charge < -0.3 is 20.5 Å². The summed E-state index contributed by atoms with van der Waals surface area (Å²) in [6.07, 6.45) is 0.769. The van der Waals surface area contributed by atoms with Crippen molar-refractivity contribution in [2.75, 3.05) is 19.8 Å². The highest BCUT2D eigenvalue weighted by molar-refractivity contribution is 6.01. The molecule has 2 aliphatic heterocycles. The highest BCUT2D eigenvalue weighted by atomic mass is 16.5. The Hall–Kier alpha value is -2.08. The number of hydrogen-bond acceptors (Lipinski definition) is 4. The molecule has 0 unspecified atom stereocenters. The van der Waals surface area contributed by atoms with E-state index in [4.69, 9.17) is 15.2 Å². The van der Waals surface area contributed by atoms with Gasteiger partial charge >= 0.3 is 0 Å². The summed E-state index contributed by atoms with van der Waals surface area (Å²) in [4.78, 5) is 24.7. The molecule has 0 atom stereocenters. The first kappa shape index (κ1) is 15.8. The van der Waals surface area contributed by atoms with Gasteiger partial charge in [0.25, 0.3) is 5.91 Å². The smallest absolute Gasteiger partial charge is 0.255 e. The van der Waals surface area contributed by atoms with Gasteiger partial charge in [0.1, 0.15) is 11.3 Å². The van der Waals surface area contributed by atoms with Gasteiger partial charge in [-0.15, -0.1) is 0 Å². The fourth-order valence-electron chi connectivity index (χ4n) is 3.17. The van der Waals surface area contributed by atoms with E-state index in [2.05, 4.69) is 19.2 Å². The van der Waals surface area contributed by atoms with Crippen LogP contribution in [-0.2, 0) is 14.9 Å². The molecule has 0 aromatic heterocycles. The van der Waals surface area contributed by atoms with Crippen LogP contribution in [0.1, 0.15) is 42.6 Å². The van der Waals surface area contributed by atoms with E-state index in [9.17, 15) is 9.59 Å². The van der Waals surface area contributed by atoms with Gasteiger partial charge in [0.2, 0.25) is 5.91 Å². The van der Waals surface area contributed by atoms with Gasteiger partial charge in [-0.3, -0.25) is 9.59 Å². The predicted molar refractivity (Wildman–Crippen MR) is 84.4 cm³/mol. The summed E-state index contributed by atoms with van der Waals surface area (Å²) < 4.78 is 11.0. The van der Waals surface area contributed by atoms with E-state index in [0.717, 1.165) is 5.56 Å². The number of nitrogens with one attached hydrogen (secondary N) is 1. The molecular formula is C17H22N2O4. The molecule has 2 heterocycles. The zero-order valence-corrected chi connectivity index (χ0v) is 13.5. The van der Waals surface area contributed by atoms with Gasteiger partial charge in [-0.2, -0.15) is 0 Å². The van der Waals surface area contributed by atoms with Gasteiger partial charge in [-0.25, -0.2) is 0 Å². The SMILES string of the molecule is CC1(C)COc2c(C(=O)NC3(C(N)=O)CCOCC3)cccc21. The van der Waals surface area contributed by atoms with E-state index < -0.39 is 11.4 Å². The molecule has 1 aromatic carbocycles. The number of amides is 2. The van der Waals surface area contributed by atoms with Crippen LogP contribution in [-0.4, -0.2) is 37.2 Å². The molecule has 0 bridgehead atoms. The van der Waals surface area contributed by atoms with Crippen LogP contribution in [0.15, 0.2) is 18.2 Å². The minimum Gasteiger partial charge on any atom is -0.492 e. The lowest BCUT2D eigenvalue weighted by atomic mass is 9.85. The van der Waals surface area contributed by atoms with Crippen LogP contribution >= 0.6 is 0 Å². The zero-order chi connectivity index (χ0) is 16.7. The number of ether oxygens (including phenoxy) is 2. The second-order valence-electron chi connectivity index (χ2n) is 6.87. The first-order valence-electron chi connectivity index (χ1n) is 7.82. The Morgan fingerprint density at radius 1 is 1.22 bits per heavy atom. The normalized spacial score (nSPS) is 21.1. The highest BCUT2D eigenvalue weighted by Gasteiger charge is 2.41. The van der Waals surface area contributed by atoms with Crippen molar-refractivity contribution in [1.82, 2.24) is 5.32 Å². The minimum absolute atomic E-state index is 0.133. The largest absolute Gasteiger partial charge is 0.492 e. The second kappa shape index (κ2) is 5.53. The van der Waals surface area contributed by atoms with Gasteiger partial charge in [0.15, 0.2) is 0 Å². The Labute approximate surface area is 135 Å². The van der Waals surface area contributed by atoms with E-state index in [1.165, 1.54) is 0 Å². The summed E-state index contributed by atoms with van der Waals surface area (Å²) in [6.45, 7) is 5.48. The van der Waals surface area contributed by atoms with Crippen molar-refractivity contribution < 1.29 is 19.1 Å². The number of nitrogens with two attached hydrogens (primary N) is 1. The van der Waals surface area contributed by atoms with Gasteiger partial charge in [0, 0.05) is 37.0 Å². The minimum atomic E-state index is -1.05. The molecule has 0 saturated carbocycles. The molecule has 23 heavy (non-hydrogen) atoms. The predicted octanol–water partition coefficient (Wildman–Crippen LogP) is 1.12. The molecule has 0 radical (unpaired) electrons. The maximum atomic E-state index is 12.8. The van der Waals surface area contributed by atoms with E-state index in [0.29, 0.717) is 44.0 Å². The van der Waals surface area contributed by atoms with E-state index in [1.807, 2.05) is 12.1 Å². The topological polar surface area (TPSA) is 90.6 Å². The lowest BCUT2D eigenvalue weighted by Crippen LogP contribution is -2.60. The number of para-hydroxylation sites is 1. The summed E-state index contributed by atoms with van der Waals surface area (Å²) in [7, 11) is 0. The van der Waals surface area contributed by atoms with Crippen molar-refractivity contribution >= 4 is 11.8 Å². The number of carbonyl (C=O) groups excluding carboxylic acids is 2. The number of rotatable bonds is 3. The molecule has 124 valence electrons. The second-order valence-corrected chi connectivity index (χ2v) is 6.87. The maximum Gasteiger partial charge on any atom is 0.255 e. The molecule has 6 heteroatoms. The average Bonchev–Trinajstić information content (AvgIpc) is 2.83. The van der Waals surface area contributed by atoms with Gasteiger partial charge in [-0.05, 0) is 6.07 Å². The summed E-state index contributed by atoms with van der Waals surface area (Å²) in [5, 5.41) is 2.83. The number of fused-ring (bicyclic) bond motifs is 1. The average molecular weight is 318 g/mol.